The van der Waals surface area contributed by atoms with Crippen LogP contribution in [0.25, 0.3) is 0 Å². The molecule has 26 heavy (non-hydrogen) atoms. The lowest BCUT2D eigenvalue weighted by Crippen LogP contribution is -2.44. The van der Waals surface area contributed by atoms with Gasteiger partial charge in [-0.1, -0.05) is 17.7 Å². The molecular weight excluding hydrogens is 378 g/mol. The highest BCUT2D eigenvalue weighted by Gasteiger charge is 2.41. The third kappa shape index (κ3) is 5.26. The number of aromatic nitrogens is 1. The molecule has 1 aromatic heterocycles. The molecule has 2 N–H and O–H groups in total. The zero-order valence-corrected chi connectivity index (χ0v) is 15.9. The van der Waals surface area contributed by atoms with Gasteiger partial charge in [0.2, 0.25) is 5.91 Å². The topological polar surface area (TPSA) is 97.4 Å². The summed E-state index contributed by atoms with van der Waals surface area (Å²) in [5, 5.41) is 6.41. The number of rotatable bonds is 6. The molecule has 1 fully saturated rings. The van der Waals surface area contributed by atoms with Crippen LogP contribution in [-0.2, 0) is 25.9 Å². The largest absolute Gasteiger partial charge is 0.377 e. The average Bonchev–Trinajstić information content (AvgIpc) is 2.94. The van der Waals surface area contributed by atoms with Crippen molar-refractivity contribution in [2.45, 2.75) is 19.0 Å². The zero-order chi connectivity index (χ0) is 18.6. The summed E-state index contributed by atoms with van der Waals surface area (Å²) >= 11 is 5.87. The van der Waals surface area contributed by atoms with Gasteiger partial charge in [-0.25, -0.2) is 13.4 Å². The molecule has 2 atom stereocenters. The number of hydrogen-bond acceptors (Lipinski definition) is 6. The van der Waals surface area contributed by atoms with Crippen molar-refractivity contribution >= 4 is 27.3 Å². The first-order valence-corrected chi connectivity index (χ1v) is 10.7. The van der Waals surface area contributed by atoms with Crippen molar-refractivity contribution in [3.63, 3.8) is 0 Å². The fraction of sp³-hybridized carbons (Fsp3) is 0.529. The Kier molecular flexibility index (Phi) is 6.29. The standard InChI is InChI=1S/C17H22ClN3O4S/c18-16-6-12(3-4-19-16)7-20-15-11-26(23,24)10-14(15)17(22)21-8-13-2-1-5-25-9-13/h2-4,6,14-15,20H,1,5,7-11H2,(H,21,22)/t14-,15-/m1/s1. The summed E-state index contributed by atoms with van der Waals surface area (Å²) in [6.45, 7) is 2.02. The van der Waals surface area contributed by atoms with Gasteiger partial charge >= 0.3 is 0 Å². The molecule has 0 aliphatic carbocycles. The van der Waals surface area contributed by atoms with E-state index in [0.717, 1.165) is 17.6 Å². The van der Waals surface area contributed by atoms with Crippen molar-refractivity contribution in [3.05, 3.63) is 40.7 Å². The van der Waals surface area contributed by atoms with Gasteiger partial charge in [-0.2, -0.15) is 0 Å². The highest BCUT2D eigenvalue weighted by atomic mass is 35.5. The molecule has 3 rings (SSSR count). The number of hydrogen-bond donors (Lipinski definition) is 2. The molecule has 9 heteroatoms. The van der Waals surface area contributed by atoms with Crippen molar-refractivity contribution < 1.29 is 17.9 Å². The predicted octanol–water partition coefficient (Wildman–Crippen LogP) is 0.701. The molecular formula is C17H22ClN3O4S. The number of nitrogens with zero attached hydrogens (tertiary/aromatic N) is 1. The predicted molar refractivity (Wildman–Crippen MR) is 98.5 cm³/mol. The Bertz CT molecular complexity index is 797. The Balaban J connectivity index is 1.59. The maximum Gasteiger partial charge on any atom is 0.226 e. The van der Waals surface area contributed by atoms with Crippen LogP contribution in [0, 0.1) is 5.92 Å². The van der Waals surface area contributed by atoms with E-state index in [-0.39, 0.29) is 17.4 Å². The second-order valence-corrected chi connectivity index (χ2v) is 9.12. The monoisotopic (exact) mass is 399 g/mol. The number of carbonyl (C=O) groups is 1. The molecule has 0 aromatic carbocycles. The minimum Gasteiger partial charge on any atom is -0.377 e. The van der Waals surface area contributed by atoms with E-state index in [9.17, 15) is 13.2 Å². The Morgan fingerprint density at radius 3 is 2.92 bits per heavy atom. The lowest BCUT2D eigenvalue weighted by molar-refractivity contribution is -0.124. The number of halogens is 1. The fourth-order valence-corrected chi connectivity index (χ4v) is 5.33. The molecule has 0 saturated carbocycles. The smallest absolute Gasteiger partial charge is 0.226 e. The van der Waals surface area contributed by atoms with Gasteiger partial charge in [-0.15, -0.1) is 0 Å². The maximum atomic E-state index is 12.5. The van der Waals surface area contributed by atoms with Crippen LogP contribution < -0.4 is 10.6 Å². The van der Waals surface area contributed by atoms with E-state index in [1.165, 1.54) is 0 Å². The molecule has 1 amide bonds. The van der Waals surface area contributed by atoms with Gasteiger partial charge in [0.25, 0.3) is 0 Å². The van der Waals surface area contributed by atoms with Gasteiger partial charge in [0.05, 0.1) is 30.6 Å². The van der Waals surface area contributed by atoms with Crippen LogP contribution in [0.3, 0.4) is 0 Å². The summed E-state index contributed by atoms with van der Waals surface area (Å²) in [5.41, 5.74) is 1.90. The van der Waals surface area contributed by atoms with E-state index in [0.29, 0.717) is 31.5 Å². The Hall–Kier alpha value is -1.48. The first-order chi connectivity index (χ1) is 12.4. The SMILES string of the molecule is O=C(NCC1=CCCOC1)[C@@H]1CS(=O)(=O)C[C@H]1NCc1ccnc(Cl)c1. The first-order valence-electron chi connectivity index (χ1n) is 8.50. The molecule has 2 aliphatic heterocycles. The number of nitrogens with one attached hydrogen (secondary N) is 2. The molecule has 7 nitrogen and oxygen atoms in total. The van der Waals surface area contributed by atoms with E-state index in [1.807, 2.05) is 0 Å². The lowest BCUT2D eigenvalue weighted by atomic mass is 10.0. The quantitative estimate of drug-likeness (QED) is 0.540. The second kappa shape index (κ2) is 8.47. The van der Waals surface area contributed by atoms with Crippen LogP contribution in [0.15, 0.2) is 30.0 Å². The number of amides is 1. The summed E-state index contributed by atoms with van der Waals surface area (Å²) in [6.07, 6.45) is 4.48. The molecule has 1 aromatic rings. The highest BCUT2D eigenvalue weighted by Crippen LogP contribution is 2.21. The van der Waals surface area contributed by atoms with E-state index in [4.69, 9.17) is 16.3 Å². The van der Waals surface area contributed by atoms with Gasteiger partial charge < -0.3 is 15.4 Å². The molecule has 142 valence electrons. The van der Waals surface area contributed by atoms with Crippen molar-refractivity contribution in [2.75, 3.05) is 31.3 Å². The Morgan fingerprint density at radius 1 is 1.35 bits per heavy atom. The van der Waals surface area contributed by atoms with Gasteiger partial charge in [-0.3, -0.25) is 4.79 Å². The average molecular weight is 400 g/mol. The fourth-order valence-electron chi connectivity index (χ4n) is 3.17. The van der Waals surface area contributed by atoms with Crippen LogP contribution in [0.2, 0.25) is 5.15 Å². The minimum absolute atomic E-state index is 0.0459. The Morgan fingerprint density at radius 2 is 2.19 bits per heavy atom. The molecule has 3 heterocycles. The summed E-state index contributed by atoms with van der Waals surface area (Å²) in [4.78, 5) is 16.5. The first kappa shape index (κ1) is 19.3. The number of pyridine rings is 1. The molecule has 0 bridgehead atoms. The van der Waals surface area contributed by atoms with Crippen LogP contribution in [-0.4, -0.2) is 56.6 Å². The summed E-state index contributed by atoms with van der Waals surface area (Å²) in [5.74, 6) is -1.04. The van der Waals surface area contributed by atoms with E-state index in [1.54, 1.807) is 18.3 Å². The lowest BCUT2D eigenvalue weighted by Gasteiger charge is -2.20. The molecule has 1 saturated heterocycles. The van der Waals surface area contributed by atoms with Crippen LogP contribution >= 0.6 is 11.6 Å². The molecule has 2 aliphatic rings. The van der Waals surface area contributed by atoms with E-state index in [2.05, 4.69) is 21.7 Å². The van der Waals surface area contributed by atoms with Crippen LogP contribution in [0.4, 0.5) is 0 Å². The third-order valence-corrected chi connectivity index (χ3v) is 6.46. The zero-order valence-electron chi connectivity index (χ0n) is 14.3. The number of carbonyl (C=O) groups excluding carboxylic acids is 1. The minimum atomic E-state index is -3.25. The van der Waals surface area contributed by atoms with Gasteiger partial charge in [-0.05, 0) is 29.7 Å². The van der Waals surface area contributed by atoms with E-state index >= 15 is 0 Å². The highest BCUT2D eigenvalue weighted by molar-refractivity contribution is 7.91. The van der Waals surface area contributed by atoms with Gasteiger partial charge in [0, 0.05) is 25.3 Å². The summed E-state index contributed by atoms with van der Waals surface area (Å²) < 4.78 is 29.4. The van der Waals surface area contributed by atoms with Gasteiger partial charge in [0.15, 0.2) is 9.84 Å². The normalized spacial score (nSPS) is 24.9. The third-order valence-electron chi connectivity index (χ3n) is 4.52. The molecule has 0 unspecified atom stereocenters. The maximum absolute atomic E-state index is 12.5. The van der Waals surface area contributed by atoms with E-state index < -0.39 is 21.8 Å². The van der Waals surface area contributed by atoms with Crippen molar-refractivity contribution in [1.29, 1.82) is 0 Å². The second-order valence-electron chi connectivity index (χ2n) is 6.58. The molecule has 0 radical (unpaired) electrons. The van der Waals surface area contributed by atoms with Crippen molar-refractivity contribution in [3.8, 4) is 0 Å². The summed E-state index contributed by atoms with van der Waals surface area (Å²) in [6, 6.07) is 3.08. The molecule has 0 spiro atoms. The number of sulfone groups is 1. The Labute approximate surface area is 158 Å². The van der Waals surface area contributed by atoms with Gasteiger partial charge in [0.1, 0.15) is 5.15 Å². The van der Waals surface area contributed by atoms with Crippen molar-refractivity contribution in [2.24, 2.45) is 5.92 Å². The van der Waals surface area contributed by atoms with Crippen molar-refractivity contribution in [1.82, 2.24) is 15.6 Å². The van der Waals surface area contributed by atoms with Crippen LogP contribution in [0.1, 0.15) is 12.0 Å². The summed E-state index contributed by atoms with van der Waals surface area (Å²) in [7, 11) is -3.25. The van der Waals surface area contributed by atoms with Crippen LogP contribution in [0.5, 0.6) is 0 Å². The number of ether oxygens (including phenoxy) is 1.